The molecular formula is C13H19NO3. The zero-order valence-corrected chi connectivity index (χ0v) is 10.2. The Morgan fingerprint density at radius 2 is 2.00 bits per heavy atom. The van der Waals surface area contributed by atoms with Crippen LogP contribution in [0.2, 0.25) is 0 Å². The van der Waals surface area contributed by atoms with Gasteiger partial charge in [-0.15, -0.1) is 0 Å². The maximum atomic E-state index is 11.4. The van der Waals surface area contributed by atoms with Gasteiger partial charge in [-0.2, -0.15) is 0 Å². The van der Waals surface area contributed by atoms with E-state index < -0.39 is 6.09 Å². The maximum absolute atomic E-state index is 11.4. The number of carbonyl (C=O) groups excluding carboxylic acids is 1. The molecule has 4 nitrogen and oxygen atoms in total. The number of ether oxygens (including phenoxy) is 1. The van der Waals surface area contributed by atoms with Crippen molar-refractivity contribution in [2.75, 3.05) is 6.61 Å². The van der Waals surface area contributed by atoms with E-state index in [0.717, 1.165) is 5.56 Å². The third kappa shape index (κ3) is 5.36. The van der Waals surface area contributed by atoms with Crippen LogP contribution in [0.15, 0.2) is 30.3 Å². The monoisotopic (exact) mass is 237 g/mol. The van der Waals surface area contributed by atoms with Crippen LogP contribution in [0.25, 0.3) is 0 Å². The van der Waals surface area contributed by atoms with E-state index in [4.69, 9.17) is 4.74 Å². The quantitative estimate of drug-likeness (QED) is 0.820. The lowest BCUT2D eigenvalue weighted by Crippen LogP contribution is -2.40. The highest BCUT2D eigenvalue weighted by Gasteiger charge is 2.13. The SMILES string of the molecule is CC(C)OC(=O)N[C@@H](CO)Cc1ccccc1. The summed E-state index contributed by atoms with van der Waals surface area (Å²) in [6.07, 6.45) is -0.0640. The van der Waals surface area contributed by atoms with Crippen molar-refractivity contribution in [1.29, 1.82) is 0 Å². The van der Waals surface area contributed by atoms with Crippen molar-refractivity contribution in [2.24, 2.45) is 0 Å². The van der Waals surface area contributed by atoms with Gasteiger partial charge in [0.05, 0.1) is 18.8 Å². The second kappa shape index (κ2) is 6.91. The number of alkyl carbamates (subject to hydrolysis) is 1. The first-order valence-electron chi connectivity index (χ1n) is 5.73. The number of carbonyl (C=O) groups is 1. The molecule has 0 fully saturated rings. The van der Waals surface area contributed by atoms with Crippen molar-refractivity contribution in [1.82, 2.24) is 5.32 Å². The van der Waals surface area contributed by atoms with E-state index in [1.54, 1.807) is 13.8 Å². The molecule has 0 aromatic heterocycles. The van der Waals surface area contributed by atoms with E-state index in [1.807, 2.05) is 30.3 Å². The van der Waals surface area contributed by atoms with Gasteiger partial charge in [-0.25, -0.2) is 4.79 Å². The van der Waals surface area contributed by atoms with Gasteiger partial charge in [-0.05, 0) is 25.8 Å². The minimum atomic E-state index is -0.491. The molecular weight excluding hydrogens is 218 g/mol. The molecule has 0 heterocycles. The molecule has 0 unspecified atom stereocenters. The first-order valence-corrected chi connectivity index (χ1v) is 5.73. The highest BCUT2D eigenvalue weighted by Crippen LogP contribution is 2.03. The molecule has 1 rings (SSSR count). The Bertz CT molecular complexity index is 338. The molecule has 0 saturated carbocycles. The van der Waals surface area contributed by atoms with Crippen LogP contribution in [0.5, 0.6) is 0 Å². The van der Waals surface area contributed by atoms with Crippen LogP contribution in [0, 0.1) is 0 Å². The summed E-state index contributed by atoms with van der Waals surface area (Å²) >= 11 is 0. The van der Waals surface area contributed by atoms with Gasteiger partial charge in [0.15, 0.2) is 0 Å². The zero-order chi connectivity index (χ0) is 12.7. The average molecular weight is 237 g/mol. The fourth-order valence-corrected chi connectivity index (χ4v) is 1.47. The number of hydrogen-bond donors (Lipinski definition) is 2. The molecule has 1 atom stereocenters. The summed E-state index contributed by atoms with van der Waals surface area (Å²) in [5, 5.41) is 11.8. The van der Waals surface area contributed by atoms with Crippen LogP contribution in [-0.4, -0.2) is 30.0 Å². The minimum Gasteiger partial charge on any atom is -0.447 e. The fourth-order valence-electron chi connectivity index (χ4n) is 1.47. The third-order valence-corrected chi connectivity index (χ3v) is 2.21. The van der Waals surface area contributed by atoms with Crippen molar-refractivity contribution in [2.45, 2.75) is 32.4 Å². The van der Waals surface area contributed by atoms with Gasteiger partial charge in [0.1, 0.15) is 0 Å². The predicted molar refractivity (Wildman–Crippen MR) is 65.8 cm³/mol. The molecule has 0 aliphatic heterocycles. The number of benzene rings is 1. The molecule has 1 aromatic carbocycles. The molecule has 94 valence electrons. The molecule has 4 heteroatoms. The van der Waals surface area contributed by atoms with E-state index in [2.05, 4.69) is 5.32 Å². The Kier molecular flexibility index (Phi) is 5.49. The average Bonchev–Trinajstić information content (AvgIpc) is 2.28. The largest absolute Gasteiger partial charge is 0.447 e. The number of amides is 1. The molecule has 0 bridgehead atoms. The molecule has 0 saturated heterocycles. The van der Waals surface area contributed by atoms with E-state index in [-0.39, 0.29) is 18.8 Å². The number of hydrogen-bond acceptors (Lipinski definition) is 3. The second-order valence-corrected chi connectivity index (χ2v) is 4.17. The van der Waals surface area contributed by atoms with Gasteiger partial charge < -0.3 is 15.2 Å². The van der Waals surface area contributed by atoms with Crippen LogP contribution in [0.4, 0.5) is 4.79 Å². The van der Waals surface area contributed by atoms with Crippen molar-refractivity contribution >= 4 is 6.09 Å². The highest BCUT2D eigenvalue weighted by atomic mass is 16.6. The standard InChI is InChI=1S/C13H19NO3/c1-10(2)17-13(16)14-12(9-15)8-11-6-4-3-5-7-11/h3-7,10,12,15H,8-9H2,1-2H3,(H,14,16)/t12-/m1/s1. The van der Waals surface area contributed by atoms with E-state index in [9.17, 15) is 9.90 Å². The van der Waals surface area contributed by atoms with Gasteiger partial charge in [0, 0.05) is 0 Å². The summed E-state index contributed by atoms with van der Waals surface area (Å²) in [7, 11) is 0. The normalized spacial score (nSPS) is 12.2. The number of aliphatic hydroxyl groups excluding tert-OH is 1. The van der Waals surface area contributed by atoms with Crippen LogP contribution >= 0.6 is 0 Å². The Hall–Kier alpha value is -1.55. The van der Waals surface area contributed by atoms with Gasteiger partial charge in [0.2, 0.25) is 0 Å². The van der Waals surface area contributed by atoms with E-state index in [0.29, 0.717) is 6.42 Å². The summed E-state index contributed by atoms with van der Waals surface area (Å²) in [6, 6.07) is 9.38. The van der Waals surface area contributed by atoms with Crippen LogP contribution in [0.1, 0.15) is 19.4 Å². The maximum Gasteiger partial charge on any atom is 0.407 e. The van der Waals surface area contributed by atoms with Crippen molar-refractivity contribution in [3.63, 3.8) is 0 Å². The molecule has 0 spiro atoms. The molecule has 1 amide bonds. The summed E-state index contributed by atoms with van der Waals surface area (Å²) < 4.78 is 4.96. The second-order valence-electron chi connectivity index (χ2n) is 4.17. The zero-order valence-electron chi connectivity index (χ0n) is 10.2. The Morgan fingerprint density at radius 1 is 1.35 bits per heavy atom. The molecule has 1 aromatic rings. The van der Waals surface area contributed by atoms with Gasteiger partial charge in [0.25, 0.3) is 0 Å². The van der Waals surface area contributed by atoms with Crippen LogP contribution in [0.3, 0.4) is 0 Å². The molecule has 2 N–H and O–H groups in total. The van der Waals surface area contributed by atoms with Crippen molar-refractivity contribution in [3.8, 4) is 0 Å². The van der Waals surface area contributed by atoms with Crippen LogP contribution < -0.4 is 5.32 Å². The van der Waals surface area contributed by atoms with Gasteiger partial charge in [-0.1, -0.05) is 30.3 Å². The lowest BCUT2D eigenvalue weighted by atomic mass is 10.1. The van der Waals surface area contributed by atoms with E-state index >= 15 is 0 Å². The first-order chi connectivity index (χ1) is 8.11. The van der Waals surface area contributed by atoms with E-state index in [1.165, 1.54) is 0 Å². The minimum absolute atomic E-state index is 0.109. The van der Waals surface area contributed by atoms with Crippen LogP contribution in [-0.2, 0) is 11.2 Å². The van der Waals surface area contributed by atoms with Gasteiger partial charge >= 0.3 is 6.09 Å². The summed E-state index contributed by atoms with van der Waals surface area (Å²) in [6.45, 7) is 3.46. The Labute approximate surface area is 102 Å². The van der Waals surface area contributed by atoms with Gasteiger partial charge in [-0.3, -0.25) is 0 Å². The fraction of sp³-hybridized carbons (Fsp3) is 0.462. The first kappa shape index (κ1) is 13.5. The molecule has 17 heavy (non-hydrogen) atoms. The molecule has 0 aliphatic rings. The molecule has 0 aliphatic carbocycles. The Balaban J connectivity index is 2.46. The smallest absolute Gasteiger partial charge is 0.407 e. The summed E-state index contributed by atoms with van der Waals surface area (Å²) in [4.78, 5) is 11.4. The number of aliphatic hydroxyl groups is 1. The third-order valence-electron chi connectivity index (χ3n) is 2.21. The topological polar surface area (TPSA) is 58.6 Å². The highest BCUT2D eigenvalue weighted by molar-refractivity contribution is 5.67. The van der Waals surface area contributed by atoms with Crippen molar-refractivity contribution in [3.05, 3.63) is 35.9 Å². The predicted octanol–water partition coefficient (Wildman–Crippen LogP) is 1.72. The number of nitrogens with one attached hydrogen (secondary N) is 1. The lowest BCUT2D eigenvalue weighted by molar-refractivity contribution is 0.107. The summed E-state index contributed by atoms with van der Waals surface area (Å²) in [5.74, 6) is 0. The molecule has 0 radical (unpaired) electrons. The summed E-state index contributed by atoms with van der Waals surface area (Å²) in [5.41, 5.74) is 1.07. The number of rotatable bonds is 5. The van der Waals surface area contributed by atoms with Crippen molar-refractivity contribution < 1.29 is 14.6 Å². The lowest BCUT2D eigenvalue weighted by Gasteiger charge is -2.17. The Morgan fingerprint density at radius 3 is 2.53 bits per heavy atom.